The SMILES string of the molecule is CC(Nc1ccc(S(C)(=O)=O)cc1[N+](=O)[O-])c1ccsc1. The van der Waals surface area contributed by atoms with Crippen LogP contribution in [-0.2, 0) is 9.84 Å². The minimum atomic E-state index is -3.48. The van der Waals surface area contributed by atoms with E-state index in [1.54, 1.807) is 11.3 Å². The van der Waals surface area contributed by atoms with Crippen LogP contribution in [0.4, 0.5) is 11.4 Å². The van der Waals surface area contributed by atoms with E-state index in [1.807, 2.05) is 23.8 Å². The molecule has 0 bridgehead atoms. The van der Waals surface area contributed by atoms with Crippen molar-refractivity contribution in [2.45, 2.75) is 17.9 Å². The lowest BCUT2D eigenvalue weighted by atomic mass is 10.1. The molecule has 0 amide bonds. The fraction of sp³-hybridized carbons (Fsp3) is 0.231. The average Bonchev–Trinajstić information content (AvgIpc) is 2.91. The number of thiophene rings is 1. The Hall–Kier alpha value is -1.93. The molecule has 0 aliphatic rings. The van der Waals surface area contributed by atoms with Crippen molar-refractivity contribution in [2.75, 3.05) is 11.6 Å². The van der Waals surface area contributed by atoms with E-state index in [1.165, 1.54) is 12.1 Å². The van der Waals surface area contributed by atoms with Gasteiger partial charge in [-0.3, -0.25) is 10.1 Å². The van der Waals surface area contributed by atoms with Crippen LogP contribution in [0.5, 0.6) is 0 Å². The molecule has 2 rings (SSSR count). The van der Waals surface area contributed by atoms with Gasteiger partial charge in [0.1, 0.15) is 5.69 Å². The largest absolute Gasteiger partial charge is 0.373 e. The molecule has 0 spiro atoms. The van der Waals surface area contributed by atoms with E-state index in [9.17, 15) is 18.5 Å². The summed E-state index contributed by atoms with van der Waals surface area (Å²) < 4.78 is 23.0. The molecule has 1 unspecified atom stereocenters. The molecule has 0 radical (unpaired) electrons. The first kappa shape index (κ1) is 15.5. The minimum absolute atomic E-state index is 0.0667. The van der Waals surface area contributed by atoms with E-state index in [-0.39, 0.29) is 16.6 Å². The Morgan fingerprint density at radius 1 is 1.33 bits per heavy atom. The van der Waals surface area contributed by atoms with Crippen molar-refractivity contribution in [2.24, 2.45) is 0 Å². The summed E-state index contributed by atoms with van der Waals surface area (Å²) in [6.07, 6.45) is 1.02. The van der Waals surface area contributed by atoms with Gasteiger partial charge in [0.25, 0.3) is 5.69 Å². The number of rotatable bonds is 5. The lowest BCUT2D eigenvalue weighted by Crippen LogP contribution is -2.08. The maximum Gasteiger partial charge on any atom is 0.293 e. The summed E-state index contributed by atoms with van der Waals surface area (Å²) in [5, 5.41) is 18.1. The first-order valence-electron chi connectivity index (χ1n) is 6.06. The predicted octanol–water partition coefficient (Wildman–Crippen LogP) is 3.23. The molecule has 1 atom stereocenters. The zero-order chi connectivity index (χ0) is 15.6. The molecular weight excluding hydrogens is 312 g/mol. The van der Waals surface area contributed by atoms with E-state index >= 15 is 0 Å². The van der Waals surface area contributed by atoms with Crippen LogP contribution < -0.4 is 5.32 Å². The highest BCUT2D eigenvalue weighted by atomic mass is 32.2. The summed E-state index contributed by atoms with van der Waals surface area (Å²) in [6, 6.07) is 5.69. The van der Waals surface area contributed by atoms with Crippen LogP contribution in [0.25, 0.3) is 0 Å². The van der Waals surface area contributed by atoms with Gasteiger partial charge in [0.15, 0.2) is 9.84 Å². The quantitative estimate of drug-likeness (QED) is 0.673. The monoisotopic (exact) mass is 326 g/mol. The number of hydrogen-bond donors (Lipinski definition) is 1. The van der Waals surface area contributed by atoms with Crippen molar-refractivity contribution in [3.63, 3.8) is 0 Å². The first-order chi connectivity index (χ1) is 9.79. The first-order valence-corrected chi connectivity index (χ1v) is 8.89. The van der Waals surface area contributed by atoms with Gasteiger partial charge in [0.2, 0.25) is 0 Å². The highest BCUT2D eigenvalue weighted by Gasteiger charge is 2.20. The highest BCUT2D eigenvalue weighted by Crippen LogP contribution is 2.31. The molecule has 1 aromatic carbocycles. The van der Waals surface area contributed by atoms with Crippen molar-refractivity contribution < 1.29 is 13.3 Å². The van der Waals surface area contributed by atoms with E-state index in [0.29, 0.717) is 5.69 Å². The molecule has 21 heavy (non-hydrogen) atoms. The Balaban J connectivity index is 2.38. The Labute approximate surface area is 126 Å². The number of anilines is 1. The summed E-state index contributed by atoms with van der Waals surface area (Å²) in [4.78, 5) is 10.5. The number of sulfone groups is 1. The van der Waals surface area contributed by atoms with E-state index < -0.39 is 14.8 Å². The summed E-state index contributed by atoms with van der Waals surface area (Å²) in [6.45, 7) is 1.89. The second kappa shape index (κ2) is 5.82. The molecule has 0 aliphatic heterocycles. The summed E-state index contributed by atoms with van der Waals surface area (Å²) >= 11 is 1.54. The van der Waals surface area contributed by atoms with Gasteiger partial charge in [-0.1, -0.05) is 0 Å². The molecular formula is C13H14N2O4S2. The molecule has 112 valence electrons. The van der Waals surface area contributed by atoms with Gasteiger partial charge >= 0.3 is 0 Å². The molecule has 1 heterocycles. The fourth-order valence-electron chi connectivity index (χ4n) is 1.85. The van der Waals surface area contributed by atoms with Gasteiger partial charge in [-0.2, -0.15) is 11.3 Å². The van der Waals surface area contributed by atoms with Crippen molar-refractivity contribution in [3.8, 4) is 0 Å². The second-order valence-electron chi connectivity index (χ2n) is 4.63. The number of benzene rings is 1. The third-order valence-electron chi connectivity index (χ3n) is 3.01. The van der Waals surface area contributed by atoms with Crippen LogP contribution in [0.1, 0.15) is 18.5 Å². The predicted molar refractivity (Wildman–Crippen MR) is 82.6 cm³/mol. The molecule has 2 aromatic rings. The van der Waals surface area contributed by atoms with Crippen molar-refractivity contribution >= 4 is 32.5 Å². The van der Waals surface area contributed by atoms with Crippen LogP contribution in [0.15, 0.2) is 39.9 Å². The Kier molecular flexibility index (Phi) is 4.29. The van der Waals surface area contributed by atoms with Crippen LogP contribution in [0.3, 0.4) is 0 Å². The fourth-order valence-corrected chi connectivity index (χ4v) is 3.25. The van der Waals surface area contributed by atoms with Crippen molar-refractivity contribution in [1.82, 2.24) is 0 Å². The zero-order valence-electron chi connectivity index (χ0n) is 11.4. The molecule has 1 aromatic heterocycles. The Morgan fingerprint density at radius 2 is 2.05 bits per heavy atom. The highest BCUT2D eigenvalue weighted by molar-refractivity contribution is 7.90. The molecule has 8 heteroatoms. The maximum atomic E-state index is 11.5. The van der Waals surface area contributed by atoms with Crippen LogP contribution in [0, 0.1) is 10.1 Å². The molecule has 0 saturated carbocycles. The third kappa shape index (κ3) is 3.59. The number of nitro groups is 1. The van der Waals surface area contributed by atoms with E-state index in [4.69, 9.17) is 0 Å². The zero-order valence-corrected chi connectivity index (χ0v) is 13.1. The van der Waals surface area contributed by atoms with Crippen LogP contribution in [0.2, 0.25) is 0 Å². The van der Waals surface area contributed by atoms with Gasteiger partial charge in [-0.05, 0) is 41.4 Å². The number of nitrogens with one attached hydrogen (secondary N) is 1. The Bertz CT molecular complexity index is 754. The normalized spacial score (nSPS) is 12.9. The smallest absolute Gasteiger partial charge is 0.293 e. The molecule has 6 nitrogen and oxygen atoms in total. The van der Waals surface area contributed by atoms with Crippen molar-refractivity contribution in [3.05, 3.63) is 50.7 Å². The number of nitro benzene ring substituents is 1. The third-order valence-corrected chi connectivity index (χ3v) is 4.82. The van der Waals surface area contributed by atoms with Crippen LogP contribution in [-0.4, -0.2) is 19.6 Å². The molecule has 0 saturated heterocycles. The van der Waals surface area contributed by atoms with Gasteiger partial charge in [-0.25, -0.2) is 8.42 Å². The maximum absolute atomic E-state index is 11.5. The lowest BCUT2D eigenvalue weighted by Gasteiger charge is -2.14. The standard InChI is InChI=1S/C13H14N2O4S2/c1-9(10-5-6-20-8-10)14-12-4-3-11(21(2,18)19)7-13(12)15(16)17/h3-9,14H,1-2H3. The lowest BCUT2D eigenvalue weighted by molar-refractivity contribution is -0.384. The topological polar surface area (TPSA) is 89.3 Å². The van der Waals surface area contributed by atoms with Gasteiger partial charge in [0.05, 0.1) is 9.82 Å². The summed E-state index contributed by atoms with van der Waals surface area (Å²) in [5.41, 5.74) is 1.06. The van der Waals surface area contributed by atoms with E-state index in [0.717, 1.165) is 17.9 Å². The van der Waals surface area contributed by atoms with E-state index in [2.05, 4.69) is 5.32 Å². The minimum Gasteiger partial charge on any atom is -0.373 e. The number of nitrogens with zero attached hydrogens (tertiary/aromatic N) is 1. The molecule has 0 fully saturated rings. The Morgan fingerprint density at radius 3 is 2.57 bits per heavy atom. The van der Waals surface area contributed by atoms with Crippen molar-refractivity contribution in [1.29, 1.82) is 0 Å². The van der Waals surface area contributed by atoms with Gasteiger partial charge < -0.3 is 5.32 Å². The molecule has 1 N–H and O–H groups in total. The average molecular weight is 326 g/mol. The number of hydrogen-bond acceptors (Lipinski definition) is 6. The summed E-state index contributed by atoms with van der Waals surface area (Å²) in [5.74, 6) is 0. The summed E-state index contributed by atoms with van der Waals surface area (Å²) in [7, 11) is -3.48. The second-order valence-corrected chi connectivity index (χ2v) is 7.43. The van der Waals surface area contributed by atoms with Gasteiger partial charge in [0, 0.05) is 18.4 Å². The van der Waals surface area contributed by atoms with Gasteiger partial charge in [-0.15, -0.1) is 0 Å². The molecule has 0 aliphatic carbocycles. The van der Waals surface area contributed by atoms with Crippen LogP contribution >= 0.6 is 11.3 Å².